The van der Waals surface area contributed by atoms with Crippen LogP contribution in [0.1, 0.15) is 28.9 Å². The van der Waals surface area contributed by atoms with E-state index in [9.17, 15) is 14.4 Å². The molecule has 2 aromatic heterocycles. The van der Waals surface area contributed by atoms with E-state index in [-0.39, 0.29) is 22.8 Å². The van der Waals surface area contributed by atoms with E-state index in [0.29, 0.717) is 18.0 Å². The van der Waals surface area contributed by atoms with Crippen molar-refractivity contribution in [2.24, 2.45) is 0 Å². The molecule has 0 radical (unpaired) electrons. The van der Waals surface area contributed by atoms with E-state index < -0.39 is 5.97 Å². The first-order chi connectivity index (χ1) is 9.99. The molecule has 0 aliphatic heterocycles. The number of carbonyl (C=O) groups excluding carboxylic acids is 1. The van der Waals surface area contributed by atoms with Crippen molar-refractivity contribution in [2.75, 3.05) is 5.32 Å². The Hall–Kier alpha value is -1.93. The molecule has 0 spiro atoms. The zero-order valence-corrected chi connectivity index (χ0v) is 12.9. The van der Waals surface area contributed by atoms with Crippen molar-refractivity contribution in [3.63, 3.8) is 0 Å². The first kappa shape index (κ1) is 15.5. The Morgan fingerprint density at radius 2 is 2.14 bits per heavy atom. The fourth-order valence-electron chi connectivity index (χ4n) is 1.84. The summed E-state index contributed by atoms with van der Waals surface area (Å²) in [5.41, 5.74) is 0.982. The number of aryl methyl sites for hydroxylation is 1. The molecule has 2 heterocycles. The molecule has 0 aromatic carbocycles. The summed E-state index contributed by atoms with van der Waals surface area (Å²) in [6, 6.07) is 1.46. The number of hydrogen-bond acceptors (Lipinski definition) is 5. The molecule has 2 rings (SSSR count). The molecular formula is C13H14N2O4S2. The lowest BCUT2D eigenvalue weighted by Crippen LogP contribution is -2.17. The highest BCUT2D eigenvalue weighted by molar-refractivity contribution is 7.14. The largest absolute Gasteiger partial charge is 0.478 e. The molecule has 0 unspecified atom stereocenters. The molecule has 0 fully saturated rings. The van der Waals surface area contributed by atoms with Gasteiger partial charge in [0.1, 0.15) is 5.00 Å². The Bertz CT molecular complexity index is 714. The zero-order valence-electron chi connectivity index (χ0n) is 11.3. The molecule has 0 aliphatic carbocycles. The molecule has 2 N–H and O–H groups in total. The number of nitrogens with zero attached hydrogens (tertiary/aromatic N) is 1. The average Bonchev–Trinajstić information content (AvgIpc) is 2.99. The average molecular weight is 326 g/mol. The summed E-state index contributed by atoms with van der Waals surface area (Å²) in [7, 11) is 0. The lowest BCUT2D eigenvalue weighted by atomic mass is 10.2. The molecule has 0 bridgehead atoms. The Morgan fingerprint density at radius 1 is 1.38 bits per heavy atom. The quantitative estimate of drug-likeness (QED) is 0.853. The van der Waals surface area contributed by atoms with Crippen molar-refractivity contribution >= 4 is 39.6 Å². The number of hydrogen-bond donors (Lipinski definition) is 2. The van der Waals surface area contributed by atoms with Gasteiger partial charge in [0.2, 0.25) is 5.91 Å². The first-order valence-corrected chi connectivity index (χ1v) is 8.00. The van der Waals surface area contributed by atoms with Crippen LogP contribution in [-0.4, -0.2) is 21.6 Å². The van der Waals surface area contributed by atoms with Crippen LogP contribution in [0.15, 0.2) is 21.6 Å². The molecule has 21 heavy (non-hydrogen) atoms. The van der Waals surface area contributed by atoms with E-state index >= 15 is 0 Å². The number of carboxylic acid groups (broad SMARTS) is 1. The fourth-order valence-corrected chi connectivity index (χ4v) is 3.39. The summed E-state index contributed by atoms with van der Waals surface area (Å²) in [4.78, 5) is 34.2. The number of thiophene rings is 1. The maximum absolute atomic E-state index is 11.8. The van der Waals surface area contributed by atoms with Crippen LogP contribution in [0.3, 0.4) is 0 Å². The zero-order chi connectivity index (χ0) is 15.4. The van der Waals surface area contributed by atoms with Crippen LogP contribution in [0.5, 0.6) is 0 Å². The van der Waals surface area contributed by atoms with E-state index in [4.69, 9.17) is 5.11 Å². The van der Waals surface area contributed by atoms with E-state index in [1.165, 1.54) is 17.4 Å². The van der Waals surface area contributed by atoms with E-state index in [0.717, 1.165) is 17.0 Å². The van der Waals surface area contributed by atoms with Gasteiger partial charge in [-0.3, -0.25) is 9.59 Å². The van der Waals surface area contributed by atoms with Gasteiger partial charge in [0.25, 0.3) is 0 Å². The van der Waals surface area contributed by atoms with Crippen molar-refractivity contribution in [3.05, 3.63) is 37.8 Å². The highest BCUT2D eigenvalue weighted by Gasteiger charge is 2.13. The summed E-state index contributed by atoms with van der Waals surface area (Å²) in [5.74, 6) is -1.31. The predicted octanol–water partition coefficient (Wildman–Crippen LogP) is 2.40. The summed E-state index contributed by atoms with van der Waals surface area (Å²) < 4.78 is 1.63. The summed E-state index contributed by atoms with van der Waals surface area (Å²) in [6.45, 7) is 2.33. The molecule has 8 heteroatoms. The maximum atomic E-state index is 11.8. The van der Waals surface area contributed by atoms with E-state index in [2.05, 4.69) is 5.32 Å². The number of rotatable bonds is 6. The molecule has 1 amide bonds. The van der Waals surface area contributed by atoms with Crippen molar-refractivity contribution in [1.29, 1.82) is 0 Å². The lowest BCUT2D eigenvalue weighted by Gasteiger charge is -2.06. The second kappa shape index (κ2) is 6.68. The Balaban J connectivity index is 1.87. The van der Waals surface area contributed by atoms with Gasteiger partial charge >= 0.3 is 10.8 Å². The van der Waals surface area contributed by atoms with Crippen molar-refractivity contribution in [2.45, 2.75) is 26.3 Å². The Labute approximate surface area is 128 Å². The summed E-state index contributed by atoms with van der Waals surface area (Å²) in [5, 5.41) is 15.3. The topological polar surface area (TPSA) is 88.4 Å². The highest BCUT2D eigenvalue weighted by Crippen LogP contribution is 2.23. The van der Waals surface area contributed by atoms with Crippen LogP contribution >= 0.6 is 22.7 Å². The Morgan fingerprint density at radius 3 is 2.76 bits per heavy atom. The molecule has 0 atom stereocenters. The fraction of sp³-hybridized carbons (Fsp3) is 0.308. The van der Waals surface area contributed by atoms with Crippen LogP contribution in [0.4, 0.5) is 5.00 Å². The van der Waals surface area contributed by atoms with Crippen LogP contribution in [0.25, 0.3) is 0 Å². The number of aromatic carboxylic acids is 1. The molecule has 0 aliphatic rings. The monoisotopic (exact) mass is 326 g/mol. The Kier molecular flexibility index (Phi) is 4.92. The smallest absolute Gasteiger partial charge is 0.338 e. The van der Waals surface area contributed by atoms with Crippen molar-refractivity contribution in [1.82, 2.24) is 4.57 Å². The van der Waals surface area contributed by atoms with Gasteiger partial charge in [-0.15, -0.1) is 11.3 Å². The number of carboxylic acids is 1. The summed E-state index contributed by atoms with van der Waals surface area (Å²) in [6.07, 6.45) is 0.760. The SMILES string of the molecule is Cc1csc(=O)n1CCCC(=O)Nc1sccc1C(=O)O. The van der Waals surface area contributed by atoms with Gasteiger partial charge in [-0.25, -0.2) is 4.79 Å². The minimum atomic E-state index is -1.06. The normalized spacial score (nSPS) is 10.5. The van der Waals surface area contributed by atoms with Gasteiger partial charge in [0.15, 0.2) is 0 Å². The number of carbonyl (C=O) groups is 2. The van der Waals surface area contributed by atoms with Crippen molar-refractivity contribution < 1.29 is 14.7 Å². The van der Waals surface area contributed by atoms with Crippen LogP contribution in [-0.2, 0) is 11.3 Å². The number of amides is 1. The van der Waals surface area contributed by atoms with Crippen molar-refractivity contribution in [3.8, 4) is 0 Å². The maximum Gasteiger partial charge on any atom is 0.338 e. The third-order valence-corrected chi connectivity index (χ3v) is 4.62. The van der Waals surface area contributed by atoms with Gasteiger partial charge in [-0.1, -0.05) is 11.3 Å². The summed E-state index contributed by atoms with van der Waals surface area (Å²) >= 11 is 2.32. The van der Waals surface area contributed by atoms with Crippen LogP contribution in [0, 0.1) is 6.92 Å². The minimum absolute atomic E-state index is 0.0284. The predicted molar refractivity (Wildman–Crippen MR) is 82.5 cm³/mol. The molecule has 2 aromatic rings. The second-order valence-electron chi connectivity index (χ2n) is 4.41. The first-order valence-electron chi connectivity index (χ1n) is 6.24. The number of nitrogens with one attached hydrogen (secondary N) is 1. The van der Waals surface area contributed by atoms with Gasteiger partial charge in [-0.05, 0) is 24.8 Å². The molecule has 112 valence electrons. The highest BCUT2D eigenvalue weighted by atomic mass is 32.1. The molecule has 0 saturated heterocycles. The lowest BCUT2D eigenvalue weighted by molar-refractivity contribution is -0.116. The third-order valence-electron chi connectivity index (χ3n) is 2.91. The number of anilines is 1. The van der Waals surface area contributed by atoms with Gasteiger partial charge in [0.05, 0.1) is 5.56 Å². The second-order valence-corrected chi connectivity index (χ2v) is 6.15. The minimum Gasteiger partial charge on any atom is -0.478 e. The van der Waals surface area contributed by atoms with Crippen LogP contribution in [0.2, 0.25) is 0 Å². The number of thiazole rings is 1. The van der Waals surface area contributed by atoms with Gasteiger partial charge in [-0.2, -0.15) is 0 Å². The number of aromatic nitrogens is 1. The van der Waals surface area contributed by atoms with E-state index in [1.54, 1.807) is 15.3 Å². The molecular weight excluding hydrogens is 312 g/mol. The molecule has 6 nitrogen and oxygen atoms in total. The standard InChI is InChI=1S/C13H14N2O4S2/c1-8-7-21-13(19)15(8)5-2-3-10(16)14-11-9(12(17)18)4-6-20-11/h4,6-7H,2-3,5H2,1H3,(H,14,16)(H,17,18). The van der Waals surface area contributed by atoms with Crippen LogP contribution < -0.4 is 10.2 Å². The van der Waals surface area contributed by atoms with E-state index in [1.807, 2.05) is 6.92 Å². The third kappa shape index (κ3) is 3.79. The molecule has 0 saturated carbocycles. The van der Waals surface area contributed by atoms with Gasteiger partial charge < -0.3 is 15.0 Å². The van der Waals surface area contributed by atoms with Gasteiger partial charge in [0, 0.05) is 24.0 Å².